The molecule has 1 aliphatic heterocycles. The molecule has 0 spiro atoms. The van der Waals surface area contributed by atoms with Gasteiger partial charge in [0.2, 0.25) is 5.91 Å². The summed E-state index contributed by atoms with van der Waals surface area (Å²) in [7, 11) is 0. The van der Waals surface area contributed by atoms with E-state index in [1.807, 2.05) is 30.3 Å². The van der Waals surface area contributed by atoms with E-state index in [0.29, 0.717) is 17.7 Å². The van der Waals surface area contributed by atoms with Crippen LogP contribution < -0.4 is 10.2 Å². The predicted octanol–water partition coefficient (Wildman–Crippen LogP) is 8.07. The highest BCUT2D eigenvalue weighted by Gasteiger charge is 2.19. The zero-order chi connectivity index (χ0) is 28.6. The smallest absolute Gasteiger partial charge is 0.246 e. The maximum Gasteiger partial charge on any atom is 0.246 e. The minimum Gasteiger partial charge on any atom is -0.489 e. The van der Waals surface area contributed by atoms with Crippen molar-refractivity contribution in [2.75, 3.05) is 0 Å². The summed E-state index contributed by atoms with van der Waals surface area (Å²) in [6.45, 7) is 12.4. The molecule has 1 heterocycles. The number of nitriles is 1. The summed E-state index contributed by atoms with van der Waals surface area (Å²) in [4.78, 5) is 11.6. The molecule has 1 amide bonds. The van der Waals surface area contributed by atoms with Crippen molar-refractivity contribution in [3.05, 3.63) is 100 Å². The van der Waals surface area contributed by atoms with Crippen molar-refractivity contribution in [2.45, 2.75) is 78.7 Å². The van der Waals surface area contributed by atoms with Crippen LogP contribution in [0.25, 0.3) is 11.1 Å². The van der Waals surface area contributed by atoms with Gasteiger partial charge in [0.1, 0.15) is 11.8 Å². The zero-order valence-corrected chi connectivity index (χ0v) is 24.1. The number of benzene rings is 2. The van der Waals surface area contributed by atoms with E-state index >= 15 is 0 Å². The summed E-state index contributed by atoms with van der Waals surface area (Å²) >= 11 is 0. The molecule has 0 saturated heterocycles. The van der Waals surface area contributed by atoms with Crippen molar-refractivity contribution >= 4 is 22.8 Å². The molecule has 1 aliphatic carbocycles. The van der Waals surface area contributed by atoms with Crippen molar-refractivity contribution in [2.24, 2.45) is 5.10 Å². The molecule has 40 heavy (non-hydrogen) atoms. The molecule has 2 aliphatic rings. The Morgan fingerprint density at radius 1 is 1.15 bits per heavy atom. The zero-order valence-electron chi connectivity index (χ0n) is 24.1. The number of nitrogens with one attached hydrogen (secondary N) is 1. The van der Waals surface area contributed by atoms with Crippen molar-refractivity contribution in [3.63, 3.8) is 0 Å². The van der Waals surface area contributed by atoms with Crippen LogP contribution in [-0.2, 0) is 11.2 Å². The van der Waals surface area contributed by atoms with Gasteiger partial charge in [-0.2, -0.15) is 10.4 Å². The van der Waals surface area contributed by atoms with Crippen LogP contribution >= 0.6 is 0 Å². The van der Waals surface area contributed by atoms with E-state index in [2.05, 4.69) is 69.1 Å². The van der Waals surface area contributed by atoms with Gasteiger partial charge in [-0.05, 0) is 116 Å². The number of ether oxygens (including phenoxy) is 1. The molecule has 1 fully saturated rings. The molecule has 2 aromatic rings. The SMILES string of the molecule is C=C\C=C(/C(C)=C(C)/C=C(\C)c1ccc(C2=NNC(=O)C2)cc1CC)c1ccc(OC2CCCCC2)c(C#N)c1. The second-order valence-corrected chi connectivity index (χ2v) is 10.6. The van der Waals surface area contributed by atoms with Crippen molar-refractivity contribution in [1.29, 1.82) is 5.26 Å². The normalized spacial score (nSPS) is 17.1. The molecule has 0 aromatic heterocycles. The average molecular weight is 534 g/mol. The molecule has 0 atom stereocenters. The van der Waals surface area contributed by atoms with Gasteiger partial charge < -0.3 is 4.74 Å². The van der Waals surface area contributed by atoms with E-state index in [-0.39, 0.29) is 12.0 Å². The molecule has 206 valence electrons. The van der Waals surface area contributed by atoms with Gasteiger partial charge in [0.05, 0.1) is 23.8 Å². The Morgan fingerprint density at radius 2 is 1.93 bits per heavy atom. The fraction of sp³-hybridized carbons (Fsp3) is 0.343. The third kappa shape index (κ3) is 6.69. The van der Waals surface area contributed by atoms with E-state index in [4.69, 9.17) is 4.74 Å². The molecule has 0 radical (unpaired) electrons. The number of rotatable bonds is 9. The number of hydrazone groups is 1. The molecular weight excluding hydrogens is 494 g/mol. The first-order valence-corrected chi connectivity index (χ1v) is 14.2. The topological polar surface area (TPSA) is 74.5 Å². The van der Waals surface area contributed by atoms with Crippen molar-refractivity contribution in [3.8, 4) is 11.8 Å². The molecule has 2 aromatic carbocycles. The Morgan fingerprint density at radius 3 is 2.58 bits per heavy atom. The maximum atomic E-state index is 11.6. The quantitative estimate of drug-likeness (QED) is 0.331. The van der Waals surface area contributed by atoms with Gasteiger partial charge in [-0.1, -0.05) is 56.4 Å². The van der Waals surface area contributed by atoms with E-state index in [1.165, 1.54) is 30.4 Å². The first kappa shape index (κ1) is 28.8. The van der Waals surface area contributed by atoms with Crippen molar-refractivity contribution < 1.29 is 9.53 Å². The van der Waals surface area contributed by atoms with Gasteiger partial charge in [0.25, 0.3) is 0 Å². The molecule has 0 bridgehead atoms. The van der Waals surface area contributed by atoms with E-state index in [0.717, 1.165) is 58.4 Å². The van der Waals surface area contributed by atoms with Gasteiger partial charge in [0, 0.05) is 0 Å². The Kier molecular flexibility index (Phi) is 9.56. The highest BCUT2D eigenvalue weighted by Crippen LogP contribution is 2.33. The summed E-state index contributed by atoms with van der Waals surface area (Å²) in [6.07, 6.45) is 13.1. The number of hydrogen-bond donors (Lipinski definition) is 1. The van der Waals surface area contributed by atoms with Crippen LogP contribution in [0, 0.1) is 11.3 Å². The summed E-state index contributed by atoms with van der Waals surface area (Å²) < 4.78 is 6.24. The highest BCUT2D eigenvalue weighted by molar-refractivity contribution is 6.13. The number of carbonyl (C=O) groups is 1. The van der Waals surface area contributed by atoms with E-state index in [1.54, 1.807) is 6.08 Å². The second kappa shape index (κ2) is 13.3. The van der Waals surface area contributed by atoms with Crippen LogP contribution in [0.1, 0.15) is 94.0 Å². The fourth-order valence-electron chi connectivity index (χ4n) is 5.51. The number of amides is 1. The van der Waals surface area contributed by atoms with Crippen LogP contribution in [0.2, 0.25) is 0 Å². The van der Waals surface area contributed by atoms with Gasteiger partial charge in [0.15, 0.2) is 0 Å². The molecule has 1 N–H and O–H groups in total. The second-order valence-electron chi connectivity index (χ2n) is 10.6. The largest absolute Gasteiger partial charge is 0.489 e. The highest BCUT2D eigenvalue weighted by atomic mass is 16.5. The van der Waals surface area contributed by atoms with Gasteiger partial charge in [-0.15, -0.1) is 0 Å². The Hall–Kier alpha value is -4.17. The van der Waals surface area contributed by atoms with E-state index < -0.39 is 0 Å². The lowest BCUT2D eigenvalue weighted by atomic mass is 9.90. The molecule has 4 rings (SSSR count). The summed E-state index contributed by atoms with van der Waals surface area (Å²) in [5.41, 5.74) is 12.7. The molecule has 0 unspecified atom stereocenters. The summed E-state index contributed by atoms with van der Waals surface area (Å²) in [5.74, 6) is 0.602. The number of nitrogens with zero attached hydrogens (tertiary/aromatic N) is 2. The Bertz CT molecular complexity index is 1460. The number of carbonyl (C=O) groups excluding carboxylic acids is 1. The van der Waals surface area contributed by atoms with E-state index in [9.17, 15) is 10.1 Å². The number of allylic oxidation sites excluding steroid dienone is 7. The standard InChI is InChI=1S/C35H39N3O2/c1-6-11-32(27-15-17-34(29(20-27)22-36)40-30-12-9-8-10-13-30)25(5)23(3)18-24(4)31-16-14-28(19-26(31)7-2)33-21-35(39)38-37-33/h6,11,14-20,30H,1,7-10,12-13,21H2,2-5H3,(H,38,39)/b24-18+,25-23+,32-11+. The average Bonchev–Trinajstić information content (AvgIpc) is 3.42. The van der Waals surface area contributed by atoms with Crippen molar-refractivity contribution in [1.82, 2.24) is 5.43 Å². The lowest BCUT2D eigenvalue weighted by Crippen LogP contribution is -2.20. The molecule has 5 nitrogen and oxygen atoms in total. The lowest BCUT2D eigenvalue weighted by Gasteiger charge is -2.23. The van der Waals surface area contributed by atoms with Crippen LogP contribution in [0.15, 0.2) is 77.5 Å². The van der Waals surface area contributed by atoms with Gasteiger partial charge in [-0.25, -0.2) is 5.43 Å². The first-order chi connectivity index (χ1) is 19.3. The third-order valence-corrected chi connectivity index (χ3v) is 7.86. The molecule has 5 heteroatoms. The van der Waals surface area contributed by atoms with Gasteiger partial charge in [-0.3, -0.25) is 4.79 Å². The van der Waals surface area contributed by atoms with Gasteiger partial charge >= 0.3 is 0 Å². The van der Waals surface area contributed by atoms with Crippen LogP contribution in [0.4, 0.5) is 0 Å². The monoisotopic (exact) mass is 533 g/mol. The predicted molar refractivity (Wildman–Crippen MR) is 164 cm³/mol. The summed E-state index contributed by atoms with van der Waals surface area (Å²) in [5, 5.41) is 14.1. The lowest BCUT2D eigenvalue weighted by molar-refractivity contribution is -0.119. The fourth-order valence-corrected chi connectivity index (χ4v) is 5.51. The molecular formula is C35H39N3O2. The Balaban J connectivity index is 1.62. The number of hydrogen-bond acceptors (Lipinski definition) is 4. The van der Waals surface area contributed by atoms with Crippen LogP contribution in [0.3, 0.4) is 0 Å². The van der Waals surface area contributed by atoms with Crippen LogP contribution in [0.5, 0.6) is 5.75 Å². The molecule has 1 saturated carbocycles. The minimum absolute atomic E-state index is 0.0684. The number of aryl methyl sites for hydroxylation is 1. The third-order valence-electron chi connectivity index (χ3n) is 7.86. The summed E-state index contributed by atoms with van der Waals surface area (Å²) in [6, 6.07) is 14.6. The van der Waals surface area contributed by atoms with Crippen LogP contribution in [-0.4, -0.2) is 17.7 Å². The minimum atomic E-state index is -0.0684. The first-order valence-electron chi connectivity index (χ1n) is 14.2. The Labute approximate surface area is 238 Å². The maximum absolute atomic E-state index is 11.6.